The van der Waals surface area contributed by atoms with Crippen molar-refractivity contribution in [2.24, 2.45) is 0 Å². The maximum Gasteiger partial charge on any atom is 0.254 e. The normalized spacial score (nSPS) is 16.1. The maximum absolute atomic E-state index is 9.42. The molecule has 1 fully saturated rings. The lowest BCUT2D eigenvalue weighted by Gasteiger charge is -2.33. The van der Waals surface area contributed by atoms with Crippen LogP contribution in [0.1, 0.15) is 30.0 Å². The van der Waals surface area contributed by atoms with Gasteiger partial charge in [-0.3, -0.25) is 0 Å². The van der Waals surface area contributed by atoms with Crippen molar-refractivity contribution in [3.63, 3.8) is 0 Å². The number of aryl methyl sites for hydroxylation is 1. The molecule has 1 saturated heterocycles. The number of aromatic nitrogens is 4. The van der Waals surface area contributed by atoms with Gasteiger partial charge in [-0.05, 0) is 43.4 Å². The minimum atomic E-state index is 0.326. The van der Waals surface area contributed by atoms with Crippen molar-refractivity contribution in [3.05, 3.63) is 47.9 Å². The van der Waals surface area contributed by atoms with Gasteiger partial charge in [-0.1, -0.05) is 12.1 Å². The highest BCUT2D eigenvalue weighted by Gasteiger charge is 2.23. The molecule has 23 heavy (non-hydrogen) atoms. The van der Waals surface area contributed by atoms with Crippen LogP contribution in [0.3, 0.4) is 0 Å². The molecular weight excluding hydrogens is 290 g/mol. The van der Waals surface area contributed by atoms with Gasteiger partial charge >= 0.3 is 0 Å². The second-order valence-electron chi connectivity index (χ2n) is 6.08. The van der Waals surface area contributed by atoms with Crippen molar-refractivity contribution in [1.82, 2.24) is 19.6 Å². The molecule has 2 aromatic heterocycles. The minimum absolute atomic E-state index is 0.326. The number of phenols is 1. The van der Waals surface area contributed by atoms with Crippen LogP contribution < -0.4 is 4.90 Å². The first-order chi connectivity index (χ1) is 11.2. The summed E-state index contributed by atoms with van der Waals surface area (Å²) >= 11 is 0. The lowest BCUT2D eigenvalue weighted by atomic mass is 9.89. The molecule has 3 aromatic rings. The summed E-state index contributed by atoms with van der Waals surface area (Å²) in [7, 11) is 0. The van der Waals surface area contributed by atoms with Crippen molar-refractivity contribution in [1.29, 1.82) is 0 Å². The summed E-state index contributed by atoms with van der Waals surface area (Å²) in [5.74, 6) is 2.59. The number of anilines is 1. The van der Waals surface area contributed by atoms with Gasteiger partial charge in [0.15, 0.2) is 0 Å². The van der Waals surface area contributed by atoms with Gasteiger partial charge in [0, 0.05) is 24.8 Å². The Morgan fingerprint density at radius 2 is 1.87 bits per heavy atom. The molecule has 3 heterocycles. The molecule has 0 aliphatic carbocycles. The topological polar surface area (TPSA) is 66.5 Å². The highest BCUT2D eigenvalue weighted by atomic mass is 16.3. The summed E-state index contributed by atoms with van der Waals surface area (Å²) in [5, 5.41) is 13.7. The van der Waals surface area contributed by atoms with Gasteiger partial charge in [0.1, 0.15) is 17.9 Å². The number of hydrogen-bond donors (Lipinski definition) is 1. The first-order valence-electron chi connectivity index (χ1n) is 7.92. The van der Waals surface area contributed by atoms with E-state index < -0.39 is 0 Å². The molecule has 6 nitrogen and oxygen atoms in total. The van der Waals surface area contributed by atoms with E-state index in [1.807, 2.05) is 23.6 Å². The van der Waals surface area contributed by atoms with Gasteiger partial charge in [0.2, 0.25) is 0 Å². The summed E-state index contributed by atoms with van der Waals surface area (Å²) in [6, 6.07) is 9.67. The van der Waals surface area contributed by atoms with Gasteiger partial charge in [0.05, 0.1) is 0 Å². The second kappa shape index (κ2) is 5.53. The lowest BCUT2D eigenvalue weighted by molar-refractivity contribution is 0.472. The number of hydrogen-bond acceptors (Lipinski definition) is 5. The Hall–Kier alpha value is -2.63. The molecule has 0 saturated carbocycles. The molecule has 4 rings (SSSR count). The molecule has 0 radical (unpaired) electrons. The van der Waals surface area contributed by atoms with E-state index in [1.54, 1.807) is 18.5 Å². The summed E-state index contributed by atoms with van der Waals surface area (Å²) in [4.78, 5) is 11.0. The van der Waals surface area contributed by atoms with Gasteiger partial charge in [0.25, 0.3) is 5.78 Å². The Morgan fingerprint density at radius 1 is 1.13 bits per heavy atom. The predicted octanol–water partition coefficient (Wildman–Crippen LogP) is 2.52. The zero-order valence-electron chi connectivity index (χ0n) is 13.1. The van der Waals surface area contributed by atoms with E-state index in [2.05, 4.69) is 26.0 Å². The van der Waals surface area contributed by atoms with Crippen LogP contribution in [0.25, 0.3) is 5.78 Å². The molecule has 118 valence electrons. The first-order valence-corrected chi connectivity index (χ1v) is 7.92. The average Bonchev–Trinajstić information content (AvgIpc) is 3.03. The van der Waals surface area contributed by atoms with Gasteiger partial charge in [-0.15, -0.1) is 0 Å². The van der Waals surface area contributed by atoms with Crippen LogP contribution >= 0.6 is 0 Å². The van der Waals surface area contributed by atoms with E-state index in [1.165, 1.54) is 5.56 Å². The Kier molecular flexibility index (Phi) is 3.37. The van der Waals surface area contributed by atoms with Gasteiger partial charge < -0.3 is 10.0 Å². The molecule has 1 aliphatic heterocycles. The van der Waals surface area contributed by atoms with Crippen LogP contribution in [0.15, 0.2) is 36.7 Å². The average molecular weight is 309 g/mol. The molecule has 0 bridgehead atoms. The number of piperidine rings is 1. The molecule has 0 amide bonds. The molecule has 0 atom stereocenters. The van der Waals surface area contributed by atoms with Gasteiger partial charge in [-0.25, -0.2) is 4.98 Å². The smallest absolute Gasteiger partial charge is 0.254 e. The third kappa shape index (κ3) is 2.60. The van der Waals surface area contributed by atoms with Crippen LogP contribution in [-0.2, 0) is 0 Å². The van der Waals surface area contributed by atoms with Crippen LogP contribution in [0.2, 0.25) is 0 Å². The van der Waals surface area contributed by atoms with Crippen LogP contribution in [-0.4, -0.2) is 37.8 Å². The molecule has 1 aliphatic rings. The highest BCUT2D eigenvalue weighted by molar-refractivity contribution is 5.47. The Morgan fingerprint density at radius 3 is 2.61 bits per heavy atom. The van der Waals surface area contributed by atoms with Crippen LogP contribution in [0.5, 0.6) is 5.75 Å². The fourth-order valence-electron chi connectivity index (χ4n) is 3.32. The quantitative estimate of drug-likeness (QED) is 0.788. The summed E-state index contributed by atoms with van der Waals surface area (Å²) in [5.41, 5.74) is 2.26. The maximum atomic E-state index is 9.42. The second-order valence-corrected chi connectivity index (χ2v) is 6.08. The largest absolute Gasteiger partial charge is 0.508 e. The van der Waals surface area contributed by atoms with E-state index in [-0.39, 0.29) is 0 Å². The van der Waals surface area contributed by atoms with Crippen molar-refractivity contribution >= 4 is 11.6 Å². The predicted molar refractivity (Wildman–Crippen MR) is 87.8 cm³/mol. The number of fused-ring (bicyclic) bond motifs is 1. The fraction of sp³-hybridized carbons (Fsp3) is 0.353. The van der Waals surface area contributed by atoms with E-state index in [0.29, 0.717) is 17.4 Å². The monoisotopic (exact) mass is 309 g/mol. The highest BCUT2D eigenvalue weighted by Crippen LogP contribution is 2.31. The fourth-order valence-corrected chi connectivity index (χ4v) is 3.32. The molecule has 0 unspecified atom stereocenters. The minimum Gasteiger partial charge on any atom is -0.508 e. The van der Waals surface area contributed by atoms with E-state index in [0.717, 1.165) is 37.4 Å². The summed E-state index contributed by atoms with van der Waals surface area (Å²) in [6.07, 6.45) is 3.72. The number of rotatable bonds is 2. The van der Waals surface area contributed by atoms with E-state index in [4.69, 9.17) is 0 Å². The van der Waals surface area contributed by atoms with Crippen molar-refractivity contribution in [3.8, 4) is 5.75 Å². The summed E-state index contributed by atoms with van der Waals surface area (Å²) < 4.78 is 1.81. The van der Waals surface area contributed by atoms with Crippen LogP contribution in [0.4, 0.5) is 5.82 Å². The Bertz CT molecular complexity index is 819. The first kappa shape index (κ1) is 14.0. The van der Waals surface area contributed by atoms with Crippen molar-refractivity contribution < 1.29 is 5.11 Å². The van der Waals surface area contributed by atoms with Gasteiger partial charge in [-0.2, -0.15) is 14.6 Å². The van der Waals surface area contributed by atoms with E-state index >= 15 is 0 Å². The SMILES string of the molecule is Cc1cc(N2CCC(c3ccc(O)cc3)CC2)n2ncnc2n1. The molecule has 1 aromatic carbocycles. The third-order valence-corrected chi connectivity index (χ3v) is 4.54. The molecule has 0 spiro atoms. The molecule has 6 heteroatoms. The number of phenolic OH excluding ortho intramolecular Hbond substituents is 1. The lowest BCUT2D eigenvalue weighted by Crippen LogP contribution is -2.34. The summed E-state index contributed by atoms with van der Waals surface area (Å²) in [6.45, 7) is 3.94. The standard InChI is InChI=1S/C17H19N5O/c1-12-10-16(22-17(20-12)18-11-19-22)21-8-6-14(7-9-21)13-2-4-15(23)5-3-13/h2-5,10-11,14,23H,6-9H2,1H3. The number of nitrogens with zero attached hydrogens (tertiary/aromatic N) is 5. The van der Waals surface area contributed by atoms with Crippen LogP contribution in [0, 0.1) is 6.92 Å². The zero-order valence-corrected chi connectivity index (χ0v) is 13.1. The third-order valence-electron chi connectivity index (χ3n) is 4.54. The number of benzene rings is 1. The Labute approximate surface area is 134 Å². The zero-order chi connectivity index (χ0) is 15.8. The molecule has 1 N–H and O–H groups in total. The van der Waals surface area contributed by atoms with Crippen molar-refractivity contribution in [2.75, 3.05) is 18.0 Å². The van der Waals surface area contributed by atoms with Crippen molar-refractivity contribution in [2.45, 2.75) is 25.7 Å². The van der Waals surface area contributed by atoms with E-state index in [9.17, 15) is 5.11 Å². The Balaban J connectivity index is 1.55. The molecular formula is C17H19N5O. The number of aromatic hydroxyl groups is 1.